The normalized spacial score (nSPS) is 10.6. The van der Waals surface area contributed by atoms with Gasteiger partial charge in [-0.2, -0.15) is 0 Å². The van der Waals surface area contributed by atoms with Crippen LogP contribution in [0.25, 0.3) is 22.1 Å². The minimum atomic E-state index is 0.673. The van der Waals surface area contributed by atoms with Crippen LogP contribution in [0.3, 0.4) is 0 Å². The zero-order valence-electron chi connectivity index (χ0n) is 10.6. The third-order valence-electron chi connectivity index (χ3n) is 2.81. The van der Waals surface area contributed by atoms with E-state index in [1.807, 2.05) is 30.6 Å². The number of rotatable bonds is 0. The first-order chi connectivity index (χ1) is 10.1. The van der Waals surface area contributed by atoms with Crippen molar-refractivity contribution in [3.63, 3.8) is 0 Å². The lowest BCUT2D eigenvalue weighted by atomic mass is 10.3. The van der Waals surface area contributed by atoms with Gasteiger partial charge in [-0.1, -0.05) is 23.2 Å². The average Bonchev–Trinajstić information content (AvgIpc) is 3.06. The molecule has 0 spiro atoms. The minimum absolute atomic E-state index is 0.673. The minimum Gasteiger partial charge on any atom is -0.346 e. The molecule has 0 atom stereocenters. The van der Waals surface area contributed by atoms with Crippen LogP contribution in [0, 0.1) is 3.57 Å². The number of pyridine rings is 2. The van der Waals surface area contributed by atoms with E-state index in [0.717, 1.165) is 25.6 Å². The summed E-state index contributed by atoms with van der Waals surface area (Å²) in [4.78, 5) is 14.2. The van der Waals surface area contributed by atoms with Gasteiger partial charge in [0.1, 0.15) is 11.3 Å². The second kappa shape index (κ2) is 6.21. The maximum absolute atomic E-state index is 5.77. The topological polar surface area (TPSA) is 57.4 Å². The second-order valence-electron chi connectivity index (χ2n) is 4.26. The SMILES string of the molecule is Clc1cnc2[nH]cc(I)c2c1.Clc1cnc2[nH]ccc2c1. The van der Waals surface area contributed by atoms with Crippen LogP contribution in [-0.2, 0) is 0 Å². The van der Waals surface area contributed by atoms with E-state index in [1.165, 1.54) is 0 Å². The number of H-pyrrole nitrogens is 2. The molecule has 4 aromatic heterocycles. The zero-order valence-corrected chi connectivity index (χ0v) is 14.2. The van der Waals surface area contributed by atoms with Crippen molar-refractivity contribution in [3.8, 4) is 0 Å². The Morgan fingerprint density at radius 2 is 1.67 bits per heavy atom. The molecular formula is C14H9Cl2IN4. The van der Waals surface area contributed by atoms with Crippen molar-refractivity contribution in [1.29, 1.82) is 0 Å². The van der Waals surface area contributed by atoms with Gasteiger partial charge in [0.2, 0.25) is 0 Å². The lowest BCUT2D eigenvalue weighted by Crippen LogP contribution is -1.74. The van der Waals surface area contributed by atoms with Gasteiger partial charge in [0.05, 0.1) is 10.0 Å². The molecule has 2 N–H and O–H groups in total. The van der Waals surface area contributed by atoms with Crippen LogP contribution < -0.4 is 0 Å². The van der Waals surface area contributed by atoms with E-state index in [2.05, 4.69) is 42.5 Å². The Kier molecular flexibility index (Phi) is 4.32. The maximum Gasteiger partial charge on any atom is 0.138 e. The molecule has 0 radical (unpaired) electrons. The Morgan fingerprint density at radius 3 is 2.48 bits per heavy atom. The van der Waals surface area contributed by atoms with E-state index in [0.29, 0.717) is 10.0 Å². The highest BCUT2D eigenvalue weighted by molar-refractivity contribution is 14.1. The molecule has 21 heavy (non-hydrogen) atoms. The molecule has 0 aromatic carbocycles. The van der Waals surface area contributed by atoms with Gasteiger partial charge >= 0.3 is 0 Å². The number of aromatic amines is 2. The van der Waals surface area contributed by atoms with E-state index in [1.54, 1.807) is 12.4 Å². The van der Waals surface area contributed by atoms with Gasteiger partial charge in [-0.05, 0) is 40.8 Å². The molecule has 0 aliphatic rings. The third kappa shape index (κ3) is 3.30. The fraction of sp³-hybridized carbons (Fsp3) is 0. The lowest BCUT2D eigenvalue weighted by Gasteiger charge is -1.89. The molecule has 4 heterocycles. The fourth-order valence-corrected chi connectivity index (χ4v) is 2.75. The van der Waals surface area contributed by atoms with Crippen LogP contribution in [0.4, 0.5) is 0 Å². The Morgan fingerprint density at radius 1 is 0.952 bits per heavy atom. The molecule has 4 rings (SSSR count). The van der Waals surface area contributed by atoms with Crippen molar-refractivity contribution in [3.05, 3.63) is 56.6 Å². The molecule has 0 fully saturated rings. The summed E-state index contributed by atoms with van der Waals surface area (Å²) in [6, 6.07) is 5.72. The number of fused-ring (bicyclic) bond motifs is 2. The Bertz CT molecular complexity index is 900. The van der Waals surface area contributed by atoms with Gasteiger partial charge in [0.25, 0.3) is 0 Å². The molecule has 4 nitrogen and oxygen atoms in total. The predicted octanol–water partition coefficient (Wildman–Crippen LogP) is 5.04. The van der Waals surface area contributed by atoms with Gasteiger partial charge in [-0.15, -0.1) is 0 Å². The van der Waals surface area contributed by atoms with Crippen molar-refractivity contribution >= 4 is 67.9 Å². The number of nitrogens with zero attached hydrogens (tertiary/aromatic N) is 2. The van der Waals surface area contributed by atoms with Crippen LogP contribution in [0.5, 0.6) is 0 Å². The zero-order chi connectivity index (χ0) is 14.8. The van der Waals surface area contributed by atoms with Gasteiger partial charge in [0.15, 0.2) is 0 Å². The molecule has 0 unspecified atom stereocenters. The second-order valence-corrected chi connectivity index (χ2v) is 6.29. The highest BCUT2D eigenvalue weighted by Gasteiger charge is 2.01. The first kappa shape index (κ1) is 14.6. The maximum atomic E-state index is 5.77. The van der Waals surface area contributed by atoms with Crippen molar-refractivity contribution in [1.82, 2.24) is 19.9 Å². The molecule has 0 bridgehead atoms. The standard InChI is InChI=1S/C7H4ClIN2.C7H5ClN2/c8-4-1-5-6(9)3-11-7(5)10-2-4;8-6-3-5-1-2-9-7(5)10-4-6/h1-3H,(H,10,11);1-4H,(H,9,10). The van der Waals surface area contributed by atoms with Crippen LogP contribution in [0.2, 0.25) is 10.0 Å². The number of halogens is 3. The van der Waals surface area contributed by atoms with Gasteiger partial charge in [-0.25, -0.2) is 9.97 Å². The highest BCUT2D eigenvalue weighted by Crippen LogP contribution is 2.21. The molecule has 0 saturated carbocycles. The Balaban J connectivity index is 0.000000126. The Labute approximate surface area is 144 Å². The summed E-state index contributed by atoms with van der Waals surface area (Å²) in [6.07, 6.45) is 7.01. The summed E-state index contributed by atoms with van der Waals surface area (Å²) in [5, 5.41) is 3.48. The molecule has 0 aliphatic carbocycles. The largest absolute Gasteiger partial charge is 0.346 e. The number of aromatic nitrogens is 4. The summed E-state index contributed by atoms with van der Waals surface area (Å²) in [5.41, 5.74) is 1.77. The first-order valence-corrected chi connectivity index (χ1v) is 7.84. The molecule has 0 aliphatic heterocycles. The molecule has 0 amide bonds. The molecule has 106 valence electrons. The molecule has 0 saturated heterocycles. The van der Waals surface area contributed by atoms with Gasteiger partial charge in [0, 0.05) is 39.1 Å². The van der Waals surface area contributed by atoms with Crippen molar-refractivity contribution in [2.24, 2.45) is 0 Å². The van der Waals surface area contributed by atoms with Crippen LogP contribution >= 0.6 is 45.8 Å². The average molecular weight is 431 g/mol. The van der Waals surface area contributed by atoms with E-state index in [-0.39, 0.29) is 0 Å². The van der Waals surface area contributed by atoms with E-state index in [9.17, 15) is 0 Å². The summed E-state index contributed by atoms with van der Waals surface area (Å²) in [7, 11) is 0. The first-order valence-electron chi connectivity index (χ1n) is 6.00. The van der Waals surface area contributed by atoms with Crippen LogP contribution in [0.1, 0.15) is 0 Å². The third-order valence-corrected chi connectivity index (χ3v) is 4.12. The smallest absolute Gasteiger partial charge is 0.138 e. The van der Waals surface area contributed by atoms with Crippen LogP contribution in [0.15, 0.2) is 43.0 Å². The van der Waals surface area contributed by atoms with Gasteiger partial charge < -0.3 is 9.97 Å². The van der Waals surface area contributed by atoms with Crippen molar-refractivity contribution in [2.75, 3.05) is 0 Å². The summed E-state index contributed by atoms with van der Waals surface area (Å²) in [5.74, 6) is 0. The van der Waals surface area contributed by atoms with Crippen molar-refractivity contribution in [2.45, 2.75) is 0 Å². The van der Waals surface area contributed by atoms with Crippen molar-refractivity contribution < 1.29 is 0 Å². The number of nitrogens with one attached hydrogen (secondary N) is 2. The van der Waals surface area contributed by atoms with Crippen LogP contribution in [-0.4, -0.2) is 19.9 Å². The predicted molar refractivity (Wildman–Crippen MR) is 94.9 cm³/mol. The summed E-state index contributed by atoms with van der Waals surface area (Å²) >= 11 is 13.7. The number of hydrogen-bond donors (Lipinski definition) is 2. The lowest BCUT2D eigenvalue weighted by molar-refractivity contribution is 1.32. The highest BCUT2D eigenvalue weighted by atomic mass is 127. The van der Waals surface area contributed by atoms with Gasteiger partial charge in [-0.3, -0.25) is 0 Å². The number of hydrogen-bond acceptors (Lipinski definition) is 2. The van der Waals surface area contributed by atoms with E-state index in [4.69, 9.17) is 23.2 Å². The molecular weight excluding hydrogens is 422 g/mol. The summed E-state index contributed by atoms with van der Waals surface area (Å²) in [6.45, 7) is 0. The summed E-state index contributed by atoms with van der Waals surface area (Å²) < 4.78 is 1.15. The molecule has 7 heteroatoms. The Hall–Kier alpha value is -1.31. The quantitative estimate of drug-likeness (QED) is 0.384. The van der Waals surface area contributed by atoms with E-state index >= 15 is 0 Å². The molecule has 4 aromatic rings. The monoisotopic (exact) mass is 430 g/mol. The fourth-order valence-electron chi connectivity index (χ4n) is 1.86. The van der Waals surface area contributed by atoms with E-state index < -0.39 is 0 Å².